The van der Waals surface area contributed by atoms with Gasteiger partial charge in [0.15, 0.2) is 0 Å². The Kier molecular flexibility index (Phi) is 4.83. The van der Waals surface area contributed by atoms with Gasteiger partial charge in [0, 0.05) is 0 Å². The Balaban J connectivity index is 2.64. The van der Waals surface area contributed by atoms with Crippen LogP contribution in [0, 0.1) is 0 Å². The number of hydrogen-bond donors (Lipinski definition) is 1. The zero-order valence-electron chi connectivity index (χ0n) is 11.2. The van der Waals surface area contributed by atoms with E-state index < -0.39 is 23.5 Å². The van der Waals surface area contributed by atoms with Crippen molar-refractivity contribution >= 4 is 23.5 Å². The Morgan fingerprint density at radius 2 is 2.00 bits per heavy atom. The summed E-state index contributed by atoms with van der Waals surface area (Å²) in [4.78, 5) is 31.0. The maximum atomic E-state index is 11.8. The molecule has 0 unspecified atom stereocenters. The number of hydrogen-bond acceptors (Lipinski definition) is 5. The van der Waals surface area contributed by atoms with Gasteiger partial charge in [0.25, 0.3) is 5.91 Å². The lowest BCUT2D eigenvalue weighted by molar-refractivity contribution is -0.156. The van der Waals surface area contributed by atoms with E-state index in [9.17, 15) is 9.59 Å². The molecule has 0 aliphatic rings. The summed E-state index contributed by atoms with van der Waals surface area (Å²) in [6, 6.07) is -0.785. The first-order chi connectivity index (χ1) is 8.69. The van der Waals surface area contributed by atoms with Crippen molar-refractivity contribution in [3.05, 3.63) is 23.2 Å². The largest absolute Gasteiger partial charge is 0.458 e. The van der Waals surface area contributed by atoms with E-state index in [1.54, 1.807) is 20.8 Å². The molecule has 0 saturated heterocycles. The van der Waals surface area contributed by atoms with Crippen LogP contribution >= 0.6 is 11.6 Å². The average molecular weight is 286 g/mol. The molecule has 1 rings (SSSR count). The van der Waals surface area contributed by atoms with Gasteiger partial charge in [-0.1, -0.05) is 11.6 Å². The Labute approximate surface area is 116 Å². The molecular weight excluding hydrogens is 270 g/mol. The van der Waals surface area contributed by atoms with E-state index in [-0.39, 0.29) is 10.8 Å². The number of amides is 1. The second-order valence-electron chi connectivity index (χ2n) is 4.96. The molecule has 1 amide bonds. The lowest BCUT2D eigenvalue weighted by atomic mass is 10.2. The highest BCUT2D eigenvalue weighted by Gasteiger charge is 2.23. The molecule has 1 atom stereocenters. The normalized spacial score (nSPS) is 12.7. The van der Waals surface area contributed by atoms with Gasteiger partial charge in [-0.15, -0.1) is 0 Å². The van der Waals surface area contributed by atoms with Crippen molar-refractivity contribution in [3.63, 3.8) is 0 Å². The number of ether oxygens (including phenoxy) is 1. The first-order valence-corrected chi connectivity index (χ1v) is 6.08. The fourth-order valence-electron chi connectivity index (χ4n) is 1.17. The van der Waals surface area contributed by atoms with E-state index in [0.29, 0.717) is 0 Å². The van der Waals surface area contributed by atoms with E-state index in [1.165, 1.54) is 19.3 Å². The van der Waals surface area contributed by atoms with E-state index in [2.05, 4.69) is 15.3 Å². The molecule has 0 bridgehead atoms. The molecule has 0 saturated carbocycles. The van der Waals surface area contributed by atoms with E-state index in [4.69, 9.17) is 16.3 Å². The zero-order chi connectivity index (χ0) is 14.6. The van der Waals surface area contributed by atoms with Gasteiger partial charge in [-0.25, -0.2) is 9.78 Å². The summed E-state index contributed by atoms with van der Waals surface area (Å²) in [5, 5.41) is 2.58. The molecule has 7 heteroatoms. The molecule has 0 aliphatic heterocycles. The Morgan fingerprint density at radius 3 is 2.53 bits per heavy atom. The predicted octanol–water partition coefficient (Wildman–Crippen LogP) is 1.59. The minimum atomic E-state index is -0.785. The topological polar surface area (TPSA) is 81.2 Å². The third-order valence-electron chi connectivity index (χ3n) is 1.95. The van der Waals surface area contributed by atoms with Gasteiger partial charge in [-0.2, -0.15) is 0 Å². The number of halogens is 1. The van der Waals surface area contributed by atoms with Crippen LogP contribution in [0.4, 0.5) is 0 Å². The van der Waals surface area contributed by atoms with Gasteiger partial charge in [0.2, 0.25) is 0 Å². The van der Waals surface area contributed by atoms with E-state index in [1.807, 2.05) is 0 Å². The van der Waals surface area contributed by atoms with Crippen LogP contribution in [0.1, 0.15) is 38.2 Å². The van der Waals surface area contributed by atoms with Crippen molar-refractivity contribution in [1.82, 2.24) is 15.3 Å². The second kappa shape index (κ2) is 5.97. The van der Waals surface area contributed by atoms with Crippen LogP contribution in [-0.2, 0) is 9.53 Å². The summed E-state index contributed by atoms with van der Waals surface area (Å²) in [6.07, 6.45) is 2.58. The van der Waals surface area contributed by atoms with Gasteiger partial charge in [-0.05, 0) is 27.7 Å². The Bertz CT molecular complexity index is 485. The maximum absolute atomic E-state index is 11.8. The van der Waals surface area contributed by atoms with Crippen molar-refractivity contribution in [3.8, 4) is 0 Å². The predicted molar refractivity (Wildman–Crippen MR) is 69.8 cm³/mol. The van der Waals surface area contributed by atoms with Crippen LogP contribution in [0.25, 0.3) is 0 Å². The highest BCUT2D eigenvalue weighted by atomic mass is 35.5. The number of aromatic nitrogens is 2. The van der Waals surface area contributed by atoms with Crippen LogP contribution in [0.15, 0.2) is 12.4 Å². The quantitative estimate of drug-likeness (QED) is 0.853. The number of nitrogens with one attached hydrogen (secondary N) is 1. The van der Waals surface area contributed by atoms with Gasteiger partial charge in [0.05, 0.1) is 12.4 Å². The molecule has 6 nitrogen and oxygen atoms in total. The van der Waals surface area contributed by atoms with Crippen molar-refractivity contribution in [2.45, 2.75) is 39.3 Å². The molecule has 1 N–H and O–H groups in total. The van der Waals surface area contributed by atoms with Crippen molar-refractivity contribution in [2.24, 2.45) is 0 Å². The zero-order valence-corrected chi connectivity index (χ0v) is 12.0. The molecule has 1 aromatic heterocycles. The van der Waals surface area contributed by atoms with E-state index in [0.717, 1.165) is 0 Å². The summed E-state index contributed by atoms with van der Waals surface area (Å²) in [5.41, 5.74) is -0.561. The van der Waals surface area contributed by atoms with Gasteiger partial charge in [0.1, 0.15) is 22.5 Å². The van der Waals surface area contributed by atoms with Crippen LogP contribution in [0.2, 0.25) is 5.15 Å². The molecule has 0 radical (unpaired) electrons. The molecule has 0 aromatic carbocycles. The standard InChI is InChI=1S/C12H16ClN3O3/c1-7(11(18)19-12(2,3)4)15-10(17)8-5-14-6-9(13)16-8/h5-7H,1-4H3,(H,15,17)/t7-/m0/s1. The molecule has 1 heterocycles. The third kappa shape index (κ3) is 5.21. The van der Waals surface area contributed by atoms with Crippen LogP contribution in [-0.4, -0.2) is 33.5 Å². The smallest absolute Gasteiger partial charge is 0.328 e. The number of rotatable bonds is 3. The highest BCUT2D eigenvalue weighted by Crippen LogP contribution is 2.09. The van der Waals surface area contributed by atoms with Crippen molar-refractivity contribution in [1.29, 1.82) is 0 Å². The number of carbonyl (C=O) groups excluding carboxylic acids is 2. The van der Waals surface area contributed by atoms with Crippen LogP contribution < -0.4 is 5.32 Å². The SMILES string of the molecule is C[C@H](NC(=O)c1cncc(Cl)n1)C(=O)OC(C)(C)C. The lowest BCUT2D eigenvalue weighted by Crippen LogP contribution is -2.42. The summed E-state index contributed by atoms with van der Waals surface area (Å²) >= 11 is 5.63. The van der Waals surface area contributed by atoms with Gasteiger partial charge >= 0.3 is 5.97 Å². The van der Waals surface area contributed by atoms with Crippen LogP contribution in [0.5, 0.6) is 0 Å². The molecule has 0 aliphatic carbocycles. The fraction of sp³-hybridized carbons (Fsp3) is 0.500. The first kappa shape index (κ1) is 15.4. The van der Waals surface area contributed by atoms with Gasteiger partial charge < -0.3 is 10.1 Å². The lowest BCUT2D eigenvalue weighted by Gasteiger charge is -2.22. The minimum Gasteiger partial charge on any atom is -0.458 e. The van der Waals surface area contributed by atoms with Crippen LogP contribution in [0.3, 0.4) is 0 Å². The maximum Gasteiger partial charge on any atom is 0.328 e. The minimum absolute atomic E-state index is 0.0444. The fourth-order valence-corrected chi connectivity index (χ4v) is 1.32. The summed E-state index contributed by atoms with van der Waals surface area (Å²) < 4.78 is 5.14. The molecule has 0 fully saturated rings. The monoisotopic (exact) mass is 285 g/mol. The van der Waals surface area contributed by atoms with Crippen molar-refractivity contribution < 1.29 is 14.3 Å². The second-order valence-corrected chi connectivity index (χ2v) is 5.34. The molecule has 104 valence electrons. The number of carbonyl (C=O) groups is 2. The van der Waals surface area contributed by atoms with Gasteiger partial charge in [-0.3, -0.25) is 9.78 Å². The van der Waals surface area contributed by atoms with Crippen molar-refractivity contribution in [2.75, 3.05) is 0 Å². The first-order valence-electron chi connectivity index (χ1n) is 5.70. The molecule has 0 spiro atoms. The molecule has 1 aromatic rings. The summed E-state index contributed by atoms with van der Waals surface area (Å²) in [6.45, 7) is 6.79. The number of nitrogens with zero attached hydrogens (tertiary/aromatic N) is 2. The highest BCUT2D eigenvalue weighted by molar-refractivity contribution is 6.29. The van der Waals surface area contributed by atoms with E-state index >= 15 is 0 Å². The molecule has 19 heavy (non-hydrogen) atoms. The average Bonchev–Trinajstić information content (AvgIpc) is 2.26. The summed E-state index contributed by atoms with van der Waals surface area (Å²) in [5.74, 6) is -1.05. The Hall–Kier alpha value is -1.69. The summed E-state index contributed by atoms with van der Waals surface area (Å²) in [7, 11) is 0. The molecular formula is C12H16ClN3O3. The number of esters is 1. The third-order valence-corrected chi connectivity index (χ3v) is 2.13. The Morgan fingerprint density at radius 1 is 1.37 bits per heavy atom.